The quantitative estimate of drug-likeness (QED) is 0.500. The van der Waals surface area contributed by atoms with Crippen molar-refractivity contribution in [2.45, 2.75) is 51.0 Å². The predicted molar refractivity (Wildman–Crippen MR) is 131 cm³/mol. The van der Waals surface area contributed by atoms with Gasteiger partial charge in [0.2, 0.25) is 5.91 Å². The summed E-state index contributed by atoms with van der Waals surface area (Å²) in [6.07, 6.45) is 2.47. The van der Waals surface area contributed by atoms with Gasteiger partial charge in [0, 0.05) is 24.9 Å². The lowest BCUT2D eigenvalue weighted by Gasteiger charge is -2.20. The fourth-order valence-corrected chi connectivity index (χ4v) is 6.01. The zero-order valence-electron chi connectivity index (χ0n) is 20.0. The first-order valence-electron chi connectivity index (χ1n) is 12.5. The van der Waals surface area contributed by atoms with E-state index in [1.54, 1.807) is 0 Å². The van der Waals surface area contributed by atoms with E-state index >= 15 is 0 Å². The Balaban J connectivity index is 1.11. The molecular weight excluding hydrogens is 444 g/mol. The Labute approximate surface area is 205 Å². The molecule has 1 unspecified atom stereocenters. The third-order valence-corrected chi connectivity index (χ3v) is 7.99. The molecule has 0 aromatic heterocycles. The zero-order chi connectivity index (χ0) is 24.6. The molecule has 7 heteroatoms. The number of carbonyl (C=O) groups excluding carboxylic acids is 2. The molecule has 3 N–H and O–H groups in total. The SMILES string of the molecule is CC(CCC(=O)O)CNC(=O)[C@@]12C[C@@H](NC(=O)OCC3c4ccccc4-c4ccccc43)C[C@@H]1C2. The Bertz CT molecular complexity index is 1100. The van der Waals surface area contributed by atoms with Crippen LogP contribution in [0.4, 0.5) is 4.79 Å². The minimum atomic E-state index is -0.818. The summed E-state index contributed by atoms with van der Waals surface area (Å²) in [7, 11) is 0. The van der Waals surface area contributed by atoms with Gasteiger partial charge < -0.3 is 20.5 Å². The van der Waals surface area contributed by atoms with Gasteiger partial charge in [-0.3, -0.25) is 9.59 Å². The summed E-state index contributed by atoms with van der Waals surface area (Å²) in [4.78, 5) is 36.2. The molecule has 184 valence electrons. The molecule has 5 rings (SSSR count). The first-order valence-corrected chi connectivity index (χ1v) is 12.5. The van der Waals surface area contributed by atoms with Crippen LogP contribution in [0.3, 0.4) is 0 Å². The Morgan fingerprint density at radius 3 is 2.37 bits per heavy atom. The van der Waals surface area contributed by atoms with Gasteiger partial charge in [0.1, 0.15) is 6.61 Å². The number of rotatable bonds is 9. The largest absolute Gasteiger partial charge is 0.481 e. The van der Waals surface area contributed by atoms with Crippen LogP contribution < -0.4 is 10.6 Å². The maximum absolute atomic E-state index is 12.8. The summed E-state index contributed by atoms with van der Waals surface area (Å²) in [6, 6.07) is 16.4. The number of amides is 2. The molecule has 4 atom stereocenters. The van der Waals surface area contributed by atoms with E-state index in [1.807, 2.05) is 31.2 Å². The number of alkyl carbamates (subject to hydrolysis) is 1. The fourth-order valence-electron chi connectivity index (χ4n) is 6.01. The topological polar surface area (TPSA) is 105 Å². The first kappa shape index (κ1) is 23.4. The van der Waals surface area contributed by atoms with E-state index < -0.39 is 17.5 Å². The number of carboxylic acid groups (broad SMARTS) is 1. The van der Waals surface area contributed by atoms with Crippen LogP contribution >= 0.6 is 0 Å². The van der Waals surface area contributed by atoms with Gasteiger partial charge in [0.15, 0.2) is 0 Å². The predicted octanol–water partition coefficient (Wildman–Crippen LogP) is 4.31. The van der Waals surface area contributed by atoms with Crippen LogP contribution in [0.1, 0.15) is 56.1 Å². The van der Waals surface area contributed by atoms with Gasteiger partial charge >= 0.3 is 12.1 Å². The summed E-state index contributed by atoms with van der Waals surface area (Å²) in [5.41, 5.74) is 4.35. The van der Waals surface area contributed by atoms with Crippen molar-refractivity contribution in [3.8, 4) is 11.1 Å². The molecule has 0 saturated heterocycles. The van der Waals surface area contributed by atoms with Crippen LogP contribution in [0.5, 0.6) is 0 Å². The van der Waals surface area contributed by atoms with Gasteiger partial charge in [-0.2, -0.15) is 0 Å². The van der Waals surface area contributed by atoms with Crippen molar-refractivity contribution in [3.05, 3.63) is 59.7 Å². The summed E-state index contributed by atoms with van der Waals surface area (Å²) < 4.78 is 5.67. The van der Waals surface area contributed by atoms with Gasteiger partial charge in [-0.1, -0.05) is 55.5 Å². The average Bonchev–Trinajstić information content (AvgIpc) is 3.27. The highest BCUT2D eigenvalue weighted by Crippen LogP contribution is 2.63. The number of hydrogen-bond acceptors (Lipinski definition) is 4. The highest BCUT2D eigenvalue weighted by Gasteiger charge is 2.65. The first-order chi connectivity index (χ1) is 16.9. The van der Waals surface area contributed by atoms with Crippen LogP contribution in [0.25, 0.3) is 11.1 Å². The van der Waals surface area contributed by atoms with Crippen LogP contribution in [-0.2, 0) is 14.3 Å². The van der Waals surface area contributed by atoms with E-state index in [1.165, 1.54) is 22.3 Å². The zero-order valence-corrected chi connectivity index (χ0v) is 20.0. The van der Waals surface area contributed by atoms with E-state index in [0.717, 1.165) is 12.8 Å². The van der Waals surface area contributed by atoms with E-state index in [2.05, 4.69) is 34.9 Å². The van der Waals surface area contributed by atoms with E-state index in [9.17, 15) is 14.4 Å². The smallest absolute Gasteiger partial charge is 0.407 e. The van der Waals surface area contributed by atoms with Crippen LogP contribution in [0, 0.1) is 17.3 Å². The number of aliphatic carboxylic acids is 1. The molecule has 0 heterocycles. The van der Waals surface area contributed by atoms with Crippen molar-refractivity contribution in [1.29, 1.82) is 0 Å². The van der Waals surface area contributed by atoms with Gasteiger partial charge in [0.05, 0.1) is 5.41 Å². The number of benzene rings is 2. The minimum absolute atomic E-state index is 0.0189. The lowest BCUT2D eigenvalue weighted by atomic mass is 9.98. The van der Waals surface area contributed by atoms with Crippen LogP contribution in [0.15, 0.2) is 48.5 Å². The Hall–Kier alpha value is -3.35. The third-order valence-electron chi connectivity index (χ3n) is 7.99. The fraction of sp³-hybridized carbons (Fsp3) is 0.464. The van der Waals surface area contributed by atoms with E-state index in [-0.39, 0.29) is 42.7 Å². The highest BCUT2D eigenvalue weighted by atomic mass is 16.5. The lowest BCUT2D eigenvalue weighted by Crippen LogP contribution is -2.39. The van der Waals surface area contributed by atoms with Crippen molar-refractivity contribution in [1.82, 2.24) is 10.6 Å². The number of nitrogens with one attached hydrogen (secondary N) is 2. The molecule has 0 spiro atoms. The second-order valence-electron chi connectivity index (χ2n) is 10.4. The van der Waals surface area contributed by atoms with Crippen molar-refractivity contribution >= 4 is 18.0 Å². The molecule has 0 radical (unpaired) electrons. The Morgan fingerprint density at radius 2 is 1.71 bits per heavy atom. The molecule has 2 aromatic carbocycles. The van der Waals surface area contributed by atoms with Gasteiger partial charge in [-0.25, -0.2) is 4.79 Å². The number of hydrogen-bond donors (Lipinski definition) is 3. The van der Waals surface area contributed by atoms with Gasteiger partial charge in [0.25, 0.3) is 0 Å². The Morgan fingerprint density at radius 1 is 1.06 bits per heavy atom. The summed E-state index contributed by atoms with van der Waals surface area (Å²) in [6.45, 7) is 2.70. The van der Waals surface area contributed by atoms with E-state index in [4.69, 9.17) is 9.84 Å². The number of ether oxygens (including phenoxy) is 1. The van der Waals surface area contributed by atoms with Crippen LogP contribution in [0.2, 0.25) is 0 Å². The summed E-state index contributed by atoms with van der Waals surface area (Å²) in [5, 5.41) is 14.8. The lowest BCUT2D eigenvalue weighted by molar-refractivity contribution is -0.137. The maximum Gasteiger partial charge on any atom is 0.407 e. The van der Waals surface area contributed by atoms with Crippen molar-refractivity contribution in [2.75, 3.05) is 13.2 Å². The molecule has 3 aliphatic rings. The van der Waals surface area contributed by atoms with Crippen molar-refractivity contribution in [2.24, 2.45) is 17.3 Å². The van der Waals surface area contributed by atoms with Gasteiger partial charge in [-0.05, 0) is 59.8 Å². The molecule has 2 saturated carbocycles. The second kappa shape index (κ2) is 9.36. The van der Waals surface area contributed by atoms with Crippen LogP contribution in [-0.4, -0.2) is 42.3 Å². The number of carbonyl (C=O) groups is 3. The number of carboxylic acids is 1. The van der Waals surface area contributed by atoms with Crippen molar-refractivity contribution < 1.29 is 24.2 Å². The normalized spacial score (nSPS) is 24.6. The molecule has 0 bridgehead atoms. The molecule has 2 aromatic rings. The second-order valence-corrected chi connectivity index (χ2v) is 10.4. The Kier molecular flexibility index (Phi) is 6.26. The average molecular weight is 477 g/mol. The minimum Gasteiger partial charge on any atom is -0.481 e. The molecule has 7 nitrogen and oxygen atoms in total. The summed E-state index contributed by atoms with van der Waals surface area (Å²) in [5.74, 6) is -0.371. The molecule has 2 amide bonds. The molecule has 3 aliphatic carbocycles. The number of fused-ring (bicyclic) bond motifs is 4. The molecule has 2 fully saturated rings. The molecular formula is C28H32N2O5. The van der Waals surface area contributed by atoms with Gasteiger partial charge in [-0.15, -0.1) is 0 Å². The standard InChI is InChI=1S/C28H32N2O5/c1-17(10-11-25(31)32)15-29-26(33)28-13-18(28)12-19(14-28)30-27(34)35-16-24-22-8-4-2-6-20(22)21-7-3-5-9-23(21)24/h2-9,17-19,24H,10-16H2,1H3,(H,29,33)(H,30,34)(H,31,32)/t17?,18-,19+,28+/m1/s1. The summed E-state index contributed by atoms with van der Waals surface area (Å²) >= 11 is 0. The maximum atomic E-state index is 12.8. The monoisotopic (exact) mass is 476 g/mol. The van der Waals surface area contributed by atoms with Crippen molar-refractivity contribution in [3.63, 3.8) is 0 Å². The van der Waals surface area contributed by atoms with E-state index in [0.29, 0.717) is 19.4 Å². The highest BCUT2D eigenvalue weighted by molar-refractivity contribution is 5.87. The molecule has 35 heavy (non-hydrogen) atoms. The molecule has 0 aliphatic heterocycles. The third kappa shape index (κ3) is 4.64.